The van der Waals surface area contributed by atoms with E-state index in [-0.39, 0.29) is 17.1 Å². The van der Waals surface area contributed by atoms with Crippen molar-refractivity contribution in [3.63, 3.8) is 0 Å². The number of hydrogen-bond donors (Lipinski definition) is 0. The van der Waals surface area contributed by atoms with Crippen molar-refractivity contribution in [1.29, 1.82) is 0 Å². The molecule has 1 aromatic rings. The molecule has 0 N–H and O–H groups in total. The predicted octanol–water partition coefficient (Wildman–Crippen LogP) is 1.56. The molecule has 0 aromatic heterocycles. The van der Waals surface area contributed by atoms with Gasteiger partial charge in [-0.25, -0.2) is 17.6 Å². The molecular formula is C12H13FO4S. The van der Waals surface area contributed by atoms with E-state index < -0.39 is 27.7 Å². The van der Waals surface area contributed by atoms with Crippen LogP contribution in [0.1, 0.15) is 23.2 Å². The van der Waals surface area contributed by atoms with Crippen LogP contribution in [0.15, 0.2) is 24.3 Å². The number of halogens is 1. The highest BCUT2D eigenvalue weighted by atomic mass is 32.2. The average molecular weight is 272 g/mol. The minimum atomic E-state index is -3.14. The van der Waals surface area contributed by atoms with Crippen molar-refractivity contribution in [2.45, 2.75) is 18.9 Å². The molecule has 1 aromatic carbocycles. The van der Waals surface area contributed by atoms with Gasteiger partial charge in [0.05, 0.1) is 17.1 Å². The molecule has 6 heteroatoms. The van der Waals surface area contributed by atoms with Gasteiger partial charge in [-0.05, 0) is 25.0 Å². The maximum atomic E-state index is 13.3. The quantitative estimate of drug-likeness (QED) is 0.767. The SMILES string of the molecule is O=C(O[C@@H]1CCCS(=O)(=O)C1)c1ccccc1F. The number of rotatable bonds is 2. The van der Waals surface area contributed by atoms with Crippen LogP contribution in [-0.4, -0.2) is 32.0 Å². The van der Waals surface area contributed by atoms with Gasteiger partial charge < -0.3 is 4.74 Å². The van der Waals surface area contributed by atoms with Crippen molar-refractivity contribution in [2.75, 3.05) is 11.5 Å². The first kappa shape index (κ1) is 13.0. The molecule has 0 aliphatic carbocycles. The van der Waals surface area contributed by atoms with Gasteiger partial charge in [-0.1, -0.05) is 12.1 Å². The molecule has 0 spiro atoms. The van der Waals surface area contributed by atoms with Gasteiger partial charge in [0.1, 0.15) is 11.9 Å². The van der Waals surface area contributed by atoms with Crippen molar-refractivity contribution in [3.05, 3.63) is 35.6 Å². The number of esters is 1. The van der Waals surface area contributed by atoms with Crippen LogP contribution in [0.4, 0.5) is 4.39 Å². The fourth-order valence-corrected chi connectivity index (χ4v) is 3.49. The second-order valence-corrected chi connectivity index (χ2v) is 6.49. The van der Waals surface area contributed by atoms with Crippen LogP contribution in [0, 0.1) is 5.82 Å². The van der Waals surface area contributed by atoms with Crippen LogP contribution in [0.2, 0.25) is 0 Å². The number of ether oxygens (including phenoxy) is 1. The molecule has 0 saturated carbocycles. The van der Waals surface area contributed by atoms with Crippen LogP contribution >= 0.6 is 0 Å². The molecule has 2 rings (SSSR count). The Bertz CT molecular complexity index is 553. The molecule has 1 fully saturated rings. The van der Waals surface area contributed by atoms with Crippen molar-refractivity contribution in [2.24, 2.45) is 0 Å². The zero-order valence-corrected chi connectivity index (χ0v) is 10.5. The highest BCUT2D eigenvalue weighted by Crippen LogP contribution is 2.17. The smallest absolute Gasteiger partial charge is 0.341 e. The molecule has 98 valence electrons. The fourth-order valence-electron chi connectivity index (χ4n) is 1.92. The molecule has 1 saturated heterocycles. The van der Waals surface area contributed by atoms with Gasteiger partial charge in [0, 0.05) is 0 Å². The summed E-state index contributed by atoms with van der Waals surface area (Å²) < 4.78 is 41.1. The normalized spacial score (nSPS) is 22.4. The molecule has 0 radical (unpaired) electrons. The third-order valence-corrected chi connectivity index (χ3v) is 4.58. The van der Waals surface area contributed by atoms with Gasteiger partial charge in [-0.3, -0.25) is 0 Å². The molecule has 0 amide bonds. The Morgan fingerprint density at radius 3 is 2.72 bits per heavy atom. The minimum Gasteiger partial charge on any atom is -0.458 e. The van der Waals surface area contributed by atoms with E-state index in [4.69, 9.17) is 4.74 Å². The summed E-state index contributed by atoms with van der Waals surface area (Å²) in [5.41, 5.74) is -0.166. The summed E-state index contributed by atoms with van der Waals surface area (Å²) >= 11 is 0. The van der Waals surface area contributed by atoms with E-state index in [0.717, 1.165) is 6.07 Å². The maximum absolute atomic E-state index is 13.3. The second kappa shape index (κ2) is 5.06. The minimum absolute atomic E-state index is 0.126. The Balaban J connectivity index is 2.06. The number of hydrogen-bond acceptors (Lipinski definition) is 4. The molecule has 1 aliphatic rings. The molecule has 0 unspecified atom stereocenters. The Labute approximate surface area is 105 Å². The van der Waals surface area contributed by atoms with Crippen molar-refractivity contribution >= 4 is 15.8 Å². The zero-order chi connectivity index (χ0) is 13.2. The van der Waals surface area contributed by atoms with Crippen molar-refractivity contribution in [3.8, 4) is 0 Å². The third-order valence-electron chi connectivity index (χ3n) is 2.79. The number of benzene rings is 1. The molecule has 18 heavy (non-hydrogen) atoms. The molecule has 1 heterocycles. The zero-order valence-electron chi connectivity index (χ0n) is 9.63. The lowest BCUT2D eigenvalue weighted by Crippen LogP contribution is -2.33. The van der Waals surface area contributed by atoms with E-state index in [1.165, 1.54) is 18.2 Å². The lowest BCUT2D eigenvalue weighted by atomic mass is 10.2. The van der Waals surface area contributed by atoms with Crippen LogP contribution in [0.5, 0.6) is 0 Å². The number of carbonyl (C=O) groups excluding carboxylic acids is 1. The van der Waals surface area contributed by atoms with Crippen LogP contribution in [0.25, 0.3) is 0 Å². The summed E-state index contributed by atoms with van der Waals surface area (Å²) in [6, 6.07) is 5.47. The van der Waals surface area contributed by atoms with E-state index in [9.17, 15) is 17.6 Å². The molecule has 1 atom stereocenters. The first-order valence-electron chi connectivity index (χ1n) is 5.64. The van der Waals surface area contributed by atoms with Crippen molar-refractivity contribution in [1.82, 2.24) is 0 Å². The topological polar surface area (TPSA) is 60.4 Å². The lowest BCUT2D eigenvalue weighted by molar-refractivity contribution is 0.0318. The van der Waals surface area contributed by atoms with Gasteiger partial charge in [-0.15, -0.1) is 0 Å². The van der Waals surface area contributed by atoms with Crippen LogP contribution in [0.3, 0.4) is 0 Å². The summed E-state index contributed by atoms with van der Waals surface area (Å²) in [6.07, 6.45) is 0.299. The average Bonchev–Trinajstić information content (AvgIpc) is 2.28. The van der Waals surface area contributed by atoms with Crippen molar-refractivity contribution < 1.29 is 22.3 Å². The highest BCUT2D eigenvalue weighted by molar-refractivity contribution is 7.91. The maximum Gasteiger partial charge on any atom is 0.341 e. The van der Waals surface area contributed by atoms with E-state index in [1.807, 2.05) is 0 Å². The predicted molar refractivity (Wildman–Crippen MR) is 63.5 cm³/mol. The largest absolute Gasteiger partial charge is 0.458 e. The monoisotopic (exact) mass is 272 g/mol. The summed E-state index contributed by atoms with van der Waals surface area (Å²) in [4.78, 5) is 11.7. The van der Waals surface area contributed by atoms with E-state index in [0.29, 0.717) is 12.8 Å². The Morgan fingerprint density at radius 2 is 2.06 bits per heavy atom. The van der Waals surface area contributed by atoms with E-state index in [2.05, 4.69) is 0 Å². The molecule has 0 bridgehead atoms. The standard InChI is InChI=1S/C12H13FO4S/c13-11-6-2-1-5-10(11)12(14)17-9-4-3-7-18(15,16)8-9/h1-2,5-6,9H,3-4,7-8H2/t9-/m1/s1. The molecule has 1 aliphatic heterocycles. The Kier molecular flexibility index (Phi) is 3.65. The van der Waals surface area contributed by atoms with Gasteiger partial charge >= 0.3 is 5.97 Å². The molecular weight excluding hydrogens is 259 g/mol. The van der Waals surface area contributed by atoms with Gasteiger partial charge in [0.25, 0.3) is 0 Å². The van der Waals surface area contributed by atoms with Gasteiger partial charge in [0.2, 0.25) is 0 Å². The fraction of sp³-hybridized carbons (Fsp3) is 0.417. The van der Waals surface area contributed by atoms with Gasteiger partial charge in [-0.2, -0.15) is 0 Å². The summed E-state index contributed by atoms with van der Waals surface area (Å²) in [5, 5.41) is 0. The first-order valence-corrected chi connectivity index (χ1v) is 7.46. The molecule has 4 nitrogen and oxygen atoms in total. The number of sulfone groups is 1. The highest BCUT2D eigenvalue weighted by Gasteiger charge is 2.28. The summed E-state index contributed by atoms with van der Waals surface area (Å²) in [5.74, 6) is -1.52. The summed E-state index contributed by atoms with van der Waals surface area (Å²) in [6.45, 7) is 0. The summed E-state index contributed by atoms with van der Waals surface area (Å²) in [7, 11) is -3.14. The van der Waals surface area contributed by atoms with Crippen LogP contribution in [-0.2, 0) is 14.6 Å². The van der Waals surface area contributed by atoms with E-state index >= 15 is 0 Å². The third kappa shape index (κ3) is 3.07. The Hall–Kier alpha value is -1.43. The Morgan fingerprint density at radius 1 is 1.33 bits per heavy atom. The van der Waals surface area contributed by atoms with Crippen LogP contribution < -0.4 is 0 Å². The number of carbonyl (C=O) groups is 1. The van der Waals surface area contributed by atoms with Gasteiger partial charge in [0.15, 0.2) is 9.84 Å². The second-order valence-electron chi connectivity index (χ2n) is 4.26. The first-order chi connectivity index (χ1) is 8.48. The van der Waals surface area contributed by atoms with E-state index in [1.54, 1.807) is 0 Å². The lowest BCUT2D eigenvalue weighted by Gasteiger charge is -2.22.